The summed E-state index contributed by atoms with van der Waals surface area (Å²) in [7, 11) is 3.05. The zero-order valence-electron chi connectivity index (χ0n) is 14.5. The van der Waals surface area contributed by atoms with Gasteiger partial charge in [0.25, 0.3) is 11.8 Å². The van der Waals surface area contributed by atoms with Crippen LogP contribution in [0.1, 0.15) is 12.5 Å². The zero-order chi connectivity index (χ0) is 19.4. The predicted octanol–water partition coefficient (Wildman–Crippen LogP) is 2.46. The van der Waals surface area contributed by atoms with Gasteiger partial charge in [0.15, 0.2) is 16.6 Å². The van der Waals surface area contributed by atoms with Gasteiger partial charge in [-0.05, 0) is 42.9 Å². The average Bonchev–Trinajstić information content (AvgIpc) is 2.63. The molecule has 2 amide bonds. The molecule has 0 N–H and O–H groups in total. The van der Waals surface area contributed by atoms with Crippen LogP contribution in [0.25, 0.3) is 6.08 Å². The lowest BCUT2D eigenvalue weighted by atomic mass is 10.1. The Morgan fingerprint density at radius 1 is 1.19 bits per heavy atom. The molecule has 0 spiro atoms. The van der Waals surface area contributed by atoms with Crippen LogP contribution < -0.4 is 9.47 Å². The first-order valence-corrected chi connectivity index (χ1v) is 8.86. The lowest BCUT2D eigenvalue weighted by Crippen LogP contribution is -2.52. The highest BCUT2D eigenvalue weighted by molar-refractivity contribution is 9.10. The SMILES string of the molecule is C#CCOc1cc(Br)c(C=C2C(=O)N(C)C(=S)N(C)C2=O)cc1OCC. The molecule has 0 aromatic heterocycles. The minimum atomic E-state index is -0.462. The van der Waals surface area contributed by atoms with Crippen LogP contribution in [0.15, 0.2) is 22.2 Å². The number of amides is 2. The number of benzene rings is 1. The first-order valence-electron chi connectivity index (χ1n) is 7.66. The van der Waals surface area contributed by atoms with Gasteiger partial charge in [0.1, 0.15) is 12.2 Å². The van der Waals surface area contributed by atoms with Gasteiger partial charge >= 0.3 is 0 Å². The summed E-state index contributed by atoms with van der Waals surface area (Å²) in [6.07, 6.45) is 6.73. The predicted molar refractivity (Wildman–Crippen MR) is 106 cm³/mol. The van der Waals surface area contributed by atoms with Crippen LogP contribution in [-0.2, 0) is 9.59 Å². The van der Waals surface area contributed by atoms with Gasteiger partial charge in [-0.15, -0.1) is 6.42 Å². The van der Waals surface area contributed by atoms with E-state index < -0.39 is 11.8 Å². The van der Waals surface area contributed by atoms with E-state index in [9.17, 15) is 9.59 Å². The molecular formula is C18H17BrN2O4S. The second-order valence-electron chi connectivity index (χ2n) is 5.32. The highest BCUT2D eigenvalue weighted by Crippen LogP contribution is 2.35. The summed E-state index contributed by atoms with van der Waals surface area (Å²) < 4.78 is 11.7. The van der Waals surface area contributed by atoms with Crippen LogP contribution in [0, 0.1) is 12.3 Å². The van der Waals surface area contributed by atoms with Crippen molar-refractivity contribution >= 4 is 51.2 Å². The Kier molecular flexibility index (Phi) is 6.40. The smallest absolute Gasteiger partial charge is 0.265 e. The van der Waals surface area contributed by atoms with Gasteiger partial charge in [-0.3, -0.25) is 19.4 Å². The van der Waals surface area contributed by atoms with Crippen molar-refractivity contribution in [1.82, 2.24) is 9.80 Å². The molecule has 0 aliphatic carbocycles. The molecule has 6 nitrogen and oxygen atoms in total. The minimum Gasteiger partial charge on any atom is -0.490 e. The molecule has 136 valence electrons. The first kappa shape index (κ1) is 19.9. The van der Waals surface area contributed by atoms with E-state index in [0.717, 1.165) is 0 Å². The van der Waals surface area contributed by atoms with Gasteiger partial charge in [0, 0.05) is 18.6 Å². The van der Waals surface area contributed by atoms with E-state index in [-0.39, 0.29) is 17.3 Å². The minimum absolute atomic E-state index is 0.00374. The number of rotatable bonds is 5. The van der Waals surface area contributed by atoms with E-state index in [1.165, 1.54) is 30.0 Å². The molecule has 1 saturated heterocycles. The van der Waals surface area contributed by atoms with Crippen molar-refractivity contribution in [2.45, 2.75) is 6.92 Å². The number of nitrogens with zero attached hydrogens (tertiary/aromatic N) is 2. The number of hydrogen-bond acceptors (Lipinski definition) is 5. The summed E-state index contributed by atoms with van der Waals surface area (Å²) in [5.41, 5.74) is 0.594. The molecule has 8 heteroatoms. The molecule has 1 aliphatic rings. The number of halogens is 1. The number of carbonyl (C=O) groups is 2. The molecule has 1 heterocycles. The Morgan fingerprint density at radius 2 is 1.77 bits per heavy atom. The van der Waals surface area contributed by atoms with Crippen molar-refractivity contribution in [2.24, 2.45) is 0 Å². The van der Waals surface area contributed by atoms with E-state index >= 15 is 0 Å². The standard InChI is InChI=1S/C18H17BrN2O4S/c1-5-7-25-15-10-13(19)11(9-14(15)24-6-2)8-12-16(22)20(3)18(26)21(4)17(12)23/h1,8-10H,6-7H2,2-4H3. The molecule has 1 fully saturated rings. The summed E-state index contributed by atoms with van der Waals surface area (Å²) in [4.78, 5) is 27.4. The second kappa shape index (κ2) is 8.34. The maximum absolute atomic E-state index is 12.5. The molecule has 26 heavy (non-hydrogen) atoms. The monoisotopic (exact) mass is 436 g/mol. The summed E-state index contributed by atoms with van der Waals surface area (Å²) >= 11 is 8.51. The molecule has 1 aromatic rings. The Morgan fingerprint density at radius 3 is 2.31 bits per heavy atom. The number of ether oxygens (including phenoxy) is 2. The molecule has 0 radical (unpaired) electrons. The number of likely N-dealkylation sites (N-methyl/N-ethyl adjacent to an activating group) is 2. The molecule has 0 atom stereocenters. The van der Waals surface area contributed by atoms with E-state index in [4.69, 9.17) is 28.1 Å². The van der Waals surface area contributed by atoms with E-state index in [1.54, 1.807) is 12.1 Å². The molecule has 0 saturated carbocycles. The number of terminal acetylenes is 1. The third kappa shape index (κ3) is 3.89. The summed E-state index contributed by atoms with van der Waals surface area (Å²) in [6, 6.07) is 3.37. The largest absolute Gasteiger partial charge is 0.490 e. The molecule has 0 bridgehead atoms. The van der Waals surface area contributed by atoms with Crippen molar-refractivity contribution in [3.8, 4) is 23.8 Å². The van der Waals surface area contributed by atoms with Crippen molar-refractivity contribution < 1.29 is 19.1 Å². The maximum atomic E-state index is 12.5. The van der Waals surface area contributed by atoms with Gasteiger partial charge in [-0.2, -0.15) is 0 Å². The molecule has 0 unspecified atom stereocenters. The number of carbonyl (C=O) groups excluding carboxylic acids is 2. The number of thiocarbonyl (C=S) groups is 1. The maximum Gasteiger partial charge on any atom is 0.265 e. The quantitative estimate of drug-likeness (QED) is 0.307. The Balaban J connectivity index is 2.50. The molecule has 2 rings (SSSR count). The van der Waals surface area contributed by atoms with E-state index in [1.807, 2.05) is 6.92 Å². The van der Waals surface area contributed by atoms with Crippen molar-refractivity contribution in [1.29, 1.82) is 0 Å². The molecular weight excluding hydrogens is 420 g/mol. The van der Waals surface area contributed by atoms with Crippen molar-refractivity contribution in [3.63, 3.8) is 0 Å². The van der Waals surface area contributed by atoms with E-state index in [0.29, 0.717) is 28.1 Å². The fraction of sp³-hybridized carbons (Fsp3) is 0.278. The van der Waals surface area contributed by atoms with E-state index in [2.05, 4.69) is 21.9 Å². The Labute approximate surface area is 165 Å². The number of hydrogen-bond donors (Lipinski definition) is 0. The van der Waals surface area contributed by atoms with Gasteiger partial charge in [-0.1, -0.05) is 21.9 Å². The summed E-state index contributed by atoms with van der Waals surface area (Å²) in [5, 5.41) is 0.157. The average molecular weight is 437 g/mol. The molecule has 1 aromatic carbocycles. The highest BCUT2D eigenvalue weighted by Gasteiger charge is 2.35. The lowest BCUT2D eigenvalue weighted by Gasteiger charge is -2.31. The second-order valence-corrected chi connectivity index (χ2v) is 6.53. The highest BCUT2D eigenvalue weighted by atomic mass is 79.9. The van der Waals surface area contributed by atoms with Crippen LogP contribution in [0.4, 0.5) is 0 Å². The Bertz CT molecular complexity index is 818. The first-order chi connectivity index (χ1) is 12.3. The van der Waals surface area contributed by atoms with Crippen LogP contribution >= 0.6 is 28.1 Å². The zero-order valence-corrected chi connectivity index (χ0v) is 16.9. The van der Waals surface area contributed by atoms with Crippen LogP contribution in [0.5, 0.6) is 11.5 Å². The topological polar surface area (TPSA) is 59.1 Å². The third-order valence-corrected chi connectivity index (χ3v) is 4.85. The van der Waals surface area contributed by atoms with Gasteiger partial charge in [0.2, 0.25) is 0 Å². The van der Waals surface area contributed by atoms with Gasteiger partial charge in [-0.25, -0.2) is 0 Å². The van der Waals surface area contributed by atoms with Crippen molar-refractivity contribution in [2.75, 3.05) is 27.3 Å². The summed E-state index contributed by atoms with van der Waals surface area (Å²) in [6.45, 7) is 2.35. The molecule has 1 aliphatic heterocycles. The third-order valence-electron chi connectivity index (χ3n) is 3.62. The lowest BCUT2D eigenvalue weighted by molar-refractivity contribution is -0.132. The Hall–Kier alpha value is -2.37. The van der Waals surface area contributed by atoms with Gasteiger partial charge in [0.05, 0.1) is 6.61 Å². The van der Waals surface area contributed by atoms with Crippen molar-refractivity contribution in [3.05, 3.63) is 27.7 Å². The van der Waals surface area contributed by atoms with Crippen LogP contribution in [0.2, 0.25) is 0 Å². The fourth-order valence-electron chi connectivity index (χ4n) is 2.29. The van der Waals surface area contributed by atoms with Crippen LogP contribution in [-0.4, -0.2) is 54.0 Å². The van der Waals surface area contributed by atoms with Gasteiger partial charge < -0.3 is 9.47 Å². The summed E-state index contributed by atoms with van der Waals surface area (Å²) in [5.74, 6) is 2.40. The normalized spacial score (nSPS) is 14.4. The fourth-order valence-corrected chi connectivity index (χ4v) is 2.90. The van der Waals surface area contributed by atoms with Crippen LogP contribution in [0.3, 0.4) is 0 Å².